The molecule has 0 bridgehead atoms. The minimum atomic E-state index is -0.652. The summed E-state index contributed by atoms with van der Waals surface area (Å²) in [7, 11) is 1.27. The number of benzene rings is 1. The van der Waals surface area contributed by atoms with Gasteiger partial charge in [0, 0.05) is 11.1 Å². The number of hydrogen-bond acceptors (Lipinski definition) is 3. The lowest BCUT2D eigenvalue weighted by molar-refractivity contribution is -0.141. The molecule has 0 amide bonds. The van der Waals surface area contributed by atoms with Crippen LogP contribution in [0.2, 0.25) is 5.02 Å². The van der Waals surface area contributed by atoms with Gasteiger partial charge in [0.05, 0.1) is 13.5 Å². The molecular weight excluding hydrogens is 256 g/mol. The van der Waals surface area contributed by atoms with E-state index in [2.05, 4.69) is 4.74 Å². The molecule has 1 aromatic rings. The molecule has 0 aliphatic carbocycles. The molecule has 1 aromatic carbocycles. The largest absolute Gasteiger partial charge is 0.469 e. The van der Waals surface area contributed by atoms with E-state index in [0.29, 0.717) is 10.6 Å². The molecule has 0 spiro atoms. The molecule has 1 atom stereocenters. The van der Waals surface area contributed by atoms with E-state index in [1.807, 2.05) is 0 Å². The highest BCUT2D eigenvalue weighted by Crippen LogP contribution is 2.24. The topological polar surface area (TPSA) is 52.3 Å². The van der Waals surface area contributed by atoms with Gasteiger partial charge in [0.15, 0.2) is 0 Å². The Bertz CT molecular complexity index is 374. The van der Waals surface area contributed by atoms with Crippen molar-refractivity contribution >= 4 is 30.0 Å². The fourth-order valence-electron chi connectivity index (χ4n) is 1.17. The molecule has 0 saturated heterocycles. The van der Waals surface area contributed by atoms with Crippen molar-refractivity contribution < 1.29 is 13.9 Å². The highest BCUT2D eigenvalue weighted by atomic mass is 35.5. The molecule has 6 heteroatoms. The lowest BCUT2D eigenvalue weighted by Crippen LogP contribution is -2.16. The first-order chi connectivity index (χ1) is 7.04. The zero-order valence-electron chi connectivity index (χ0n) is 8.57. The van der Waals surface area contributed by atoms with Crippen LogP contribution in [-0.2, 0) is 9.53 Å². The molecule has 0 fully saturated rings. The van der Waals surface area contributed by atoms with Gasteiger partial charge in [0.25, 0.3) is 0 Å². The van der Waals surface area contributed by atoms with Crippen LogP contribution in [0, 0.1) is 5.82 Å². The number of methoxy groups -OCH3 is 1. The van der Waals surface area contributed by atoms with E-state index in [9.17, 15) is 9.18 Å². The Kier molecular flexibility index (Phi) is 6.33. The summed E-state index contributed by atoms with van der Waals surface area (Å²) in [5.74, 6) is -0.891. The summed E-state index contributed by atoms with van der Waals surface area (Å²) in [6.45, 7) is 0. The molecule has 1 rings (SSSR count). The summed E-state index contributed by atoms with van der Waals surface area (Å²) in [6, 6.07) is 3.20. The van der Waals surface area contributed by atoms with Crippen LogP contribution < -0.4 is 5.73 Å². The van der Waals surface area contributed by atoms with E-state index in [0.717, 1.165) is 0 Å². The first-order valence-corrected chi connectivity index (χ1v) is 4.69. The van der Waals surface area contributed by atoms with Crippen LogP contribution in [-0.4, -0.2) is 13.1 Å². The Morgan fingerprint density at radius 1 is 1.62 bits per heavy atom. The van der Waals surface area contributed by atoms with Gasteiger partial charge < -0.3 is 10.5 Å². The van der Waals surface area contributed by atoms with Crippen LogP contribution >= 0.6 is 24.0 Å². The Morgan fingerprint density at radius 2 is 2.25 bits per heavy atom. The van der Waals surface area contributed by atoms with E-state index < -0.39 is 17.8 Å². The molecule has 0 radical (unpaired) electrons. The van der Waals surface area contributed by atoms with Gasteiger partial charge in [0.2, 0.25) is 0 Å². The normalized spacial score (nSPS) is 11.5. The average molecular weight is 268 g/mol. The van der Waals surface area contributed by atoms with Gasteiger partial charge in [-0.2, -0.15) is 0 Å². The van der Waals surface area contributed by atoms with Crippen molar-refractivity contribution in [2.75, 3.05) is 7.11 Å². The second kappa shape index (κ2) is 6.68. The average Bonchev–Trinajstić information content (AvgIpc) is 2.21. The number of halogens is 3. The second-order valence-electron chi connectivity index (χ2n) is 3.05. The minimum absolute atomic E-state index is 0. The monoisotopic (exact) mass is 267 g/mol. The Labute approximate surface area is 104 Å². The summed E-state index contributed by atoms with van der Waals surface area (Å²) >= 11 is 5.82. The number of ether oxygens (including phenoxy) is 1. The first-order valence-electron chi connectivity index (χ1n) is 4.32. The minimum Gasteiger partial charge on any atom is -0.469 e. The highest BCUT2D eigenvalue weighted by molar-refractivity contribution is 6.31. The van der Waals surface area contributed by atoms with Gasteiger partial charge in [0.1, 0.15) is 5.82 Å². The number of esters is 1. The Morgan fingerprint density at radius 3 is 2.81 bits per heavy atom. The number of hydrogen-bond donors (Lipinski definition) is 1. The third kappa shape index (κ3) is 3.96. The summed E-state index contributed by atoms with van der Waals surface area (Å²) in [5, 5.41) is 0.341. The molecule has 0 saturated carbocycles. The zero-order valence-corrected chi connectivity index (χ0v) is 10.1. The SMILES string of the molecule is COC(=O)C[C@H](N)c1cc(F)ccc1Cl.Cl. The van der Waals surface area contributed by atoms with Gasteiger partial charge in [-0.1, -0.05) is 11.6 Å². The van der Waals surface area contributed by atoms with Crippen molar-refractivity contribution in [2.24, 2.45) is 5.73 Å². The number of carbonyl (C=O) groups excluding carboxylic acids is 1. The maximum absolute atomic E-state index is 12.9. The lowest BCUT2D eigenvalue weighted by atomic mass is 10.0. The van der Waals surface area contributed by atoms with Crippen molar-refractivity contribution in [3.8, 4) is 0 Å². The van der Waals surface area contributed by atoms with Gasteiger partial charge in [-0.05, 0) is 23.8 Å². The number of nitrogens with two attached hydrogens (primary N) is 1. The maximum atomic E-state index is 12.9. The van der Waals surface area contributed by atoms with Crippen LogP contribution in [0.4, 0.5) is 4.39 Å². The van der Waals surface area contributed by atoms with E-state index in [1.165, 1.54) is 25.3 Å². The lowest BCUT2D eigenvalue weighted by Gasteiger charge is -2.12. The second-order valence-corrected chi connectivity index (χ2v) is 3.46. The van der Waals surface area contributed by atoms with Gasteiger partial charge in [-0.15, -0.1) is 12.4 Å². The van der Waals surface area contributed by atoms with Crippen molar-refractivity contribution in [1.29, 1.82) is 0 Å². The molecule has 0 heterocycles. The Balaban J connectivity index is 0.00000225. The predicted molar refractivity (Wildman–Crippen MR) is 62.2 cm³/mol. The number of carbonyl (C=O) groups is 1. The molecule has 0 unspecified atom stereocenters. The molecule has 16 heavy (non-hydrogen) atoms. The molecule has 3 nitrogen and oxygen atoms in total. The maximum Gasteiger partial charge on any atom is 0.307 e. The smallest absolute Gasteiger partial charge is 0.307 e. The fraction of sp³-hybridized carbons (Fsp3) is 0.300. The number of rotatable bonds is 3. The van der Waals surface area contributed by atoms with Crippen molar-refractivity contribution in [2.45, 2.75) is 12.5 Å². The van der Waals surface area contributed by atoms with Crippen LogP contribution in [0.5, 0.6) is 0 Å². The third-order valence-electron chi connectivity index (χ3n) is 1.97. The summed E-state index contributed by atoms with van der Waals surface area (Å²) in [6.07, 6.45) is -0.0281. The van der Waals surface area contributed by atoms with Crippen LogP contribution in [0.1, 0.15) is 18.0 Å². The molecule has 0 aliphatic rings. The van der Waals surface area contributed by atoms with Crippen LogP contribution in [0.15, 0.2) is 18.2 Å². The van der Waals surface area contributed by atoms with Crippen LogP contribution in [0.3, 0.4) is 0 Å². The third-order valence-corrected chi connectivity index (χ3v) is 2.32. The predicted octanol–water partition coefficient (Wildman–Crippen LogP) is 2.46. The van der Waals surface area contributed by atoms with E-state index in [1.54, 1.807) is 0 Å². The molecular formula is C10H12Cl2FNO2. The molecule has 2 N–H and O–H groups in total. The van der Waals surface area contributed by atoms with Crippen molar-refractivity contribution in [3.63, 3.8) is 0 Å². The van der Waals surface area contributed by atoms with Crippen LogP contribution in [0.25, 0.3) is 0 Å². The standard InChI is InChI=1S/C10H11ClFNO2.ClH/c1-15-10(14)5-9(13)7-4-6(12)2-3-8(7)11;/h2-4,9H,5,13H2,1H3;1H/t9-;/m0./s1. The van der Waals surface area contributed by atoms with Gasteiger partial charge >= 0.3 is 5.97 Å². The summed E-state index contributed by atoms with van der Waals surface area (Å²) < 4.78 is 17.4. The summed E-state index contributed by atoms with van der Waals surface area (Å²) in [4.78, 5) is 11.0. The zero-order chi connectivity index (χ0) is 11.4. The van der Waals surface area contributed by atoms with Gasteiger partial charge in [-0.25, -0.2) is 4.39 Å². The van der Waals surface area contributed by atoms with Crippen molar-refractivity contribution in [1.82, 2.24) is 0 Å². The molecule has 0 aromatic heterocycles. The highest BCUT2D eigenvalue weighted by Gasteiger charge is 2.15. The summed E-state index contributed by atoms with van der Waals surface area (Å²) in [5.41, 5.74) is 6.09. The molecule has 0 aliphatic heterocycles. The molecule has 90 valence electrons. The van der Waals surface area contributed by atoms with E-state index >= 15 is 0 Å². The Hall–Kier alpha value is -0.840. The van der Waals surface area contributed by atoms with E-state index in [4.69, 9.17) is 17.3 Å². The van der Waals surface area contributed by atoms with E-state index in [-0.39, 0.29) is 18.8 Å². The van der Waals surface area contributed by atoms with Crippen molar-refractivity contribution in [3.05, 3.63) is 34.6 Å². The fourth-order valence-corrected chi connectivity index (χ4v) is 1.43. The first kappa shape index (κ1) is 15.2. The van der Waals surface area contributed by atoms with Gasteiger partial charge in [-0.3, -0.25) is 4.79 Å². The quantitative estimate of drug-likeness (QED) is 0.857.